The molecule has 1 aromatic carbocycles. The van der Waals surface area contributed by atoms with Gasteiger partial charge in [-0.1, -0.05) is 18.2 Å². The summed E-state index contributed by atoms with van der Waals surface area (Å²) in [7, 11) is 2.13. The van der Waals surface area contributed by atoms with Crippen LogP contribution in [0.2, 0.25) is 0 Å². The minimum Gasteiger partial charge on any atom is -0.356 e. The van der Waals surface area contributed by atoms with Gasteiger partial charge < -0.3 is 10.2 Å². The molecule has 4 heteroatoms. The Morgan fingerprint density at radius 1 is 1.35 bits per heavy atom. The first-order chi connectivity index (χ1) is 9.65. The van der Waals surface area contributed by atoms with E-state index >= 15 is 0 Å². The zero-order chi connectivity index (χ0) is 14.4. The lowest BCUT2D eigenvalue weighted by Crippen LogP contribution is -2.36. The number of hydrogen-bond acceptors (Lipinski definition) is 2. The largest absolute Gasteiger partial charge is 0.356 e. The fraction of sp³-hybridized carbons (Fsp3) is 0.562. The lowest BCUT2D eigenvalue weighted by molar-refractivity contribution is -0.121. The number of hydrogen-bond donors (Lipinski definition) is 1. The van der Waals surface area contributed by atoms with E-state index in [-0.39, 0.29) is 11.7 Å². The molecule has 1 aliphatic heterocycles. The van der Waals surface area contributed by atoms with Crippen LogP contribution in [0.25, 0.3) is 0 Å². The van der Waals surface area contributed by atoms with Crippen LogP contribution in [0.3, 0.4) is 0 Å². The average molecular weight is 278 g/mol. The van der Waals surface area contributed by atoms with Crippen LogP contribution < -0.4 is 5.32 Å². The monoisotopic (exact) mass is 278 g/mol. The van der Waals surface area contributed by atoms with E-state index in [9.17, 15) is 9.18 Å². The minimum absolute atomic E-state index is 0.0205. The number of carbonyl (C=O) groups is 1. The maximum absolute atomic E-state index is 13.4. The van der Waals surface area contributed by atoms with Crippen molar-refractivity contribution in [3.05, 3.63) is 35.6 Å². The molecule has 1 aliphatic rings. The number of benzene rings is 1. The molecule has 0 aromatic heterocycles. The number of likely N-dealkylation sites (tertiary alicyclic amines) is 1. The molecular formula is C16H23FN2O. The number of rotatable bonds is 5. The molecule has 1 amide bonds. The molecule has 0 atom stereocenters. The number of carbonyl (C=O) groups excluding carboxylic acids is 1. The van der Waals surface area contributed by atoms with Crippen LogP contribution in [-0.2, 0) is 11.2 Å². The first-order valence-electron chi connectivity index (χ1n) is 7.34. The smallest absolute Gasteiger partial charge is 0.220 e. The van der Waals surface area contributed by atoms with Crippen molar-refractivity contribution >= 4 is 5.91 Å². The summed E-state index contributed by atoms with van der Waals surface area (Å²) in [6, 6.07) is 6.64. The number of nitrogens with zero attached hydrogens (tertiary/aromatic N) is 1. The van der Waals surface area contributed by atoms with Gasteiger partial charge in [-0.25, -0.2) is 4.39 Å². The summed E-state index contributed by atoms with van der Waals surface area (Å²) in [5.74, 6) is 0.381. The maximum atomic E-state index is 13.4. The summed E-state index contributed by atoms with van der Waals surface area (Å²) in [6.45, 7) is 2.97. The fourth-order valence-electron chi connectivity index (χ4n) is 2.56. The Labute approximate surface area is 120 Å². The predicted octanol–water partition coefficient (Wildman–Crippen LogP) is 2.22. The quantitative estimate of drug-likeness (QED) is 0.895. The van der Waals surface area contributed by atoms with Crippen LogP contribution in [0.4, 0.5) is 4.39 Å². The van der Waals surface area contributed by atoms with Crippen molar-refractivity contribution in [1.82, 2.24) is 10.2 Å². The Morgan fingerprint density at radius 3 is 2.75 bits per heavy atom. The van der Waals surface area contributed by atoms with Crippen molar-refractivity contribution in [1.29, 1.82) is 0 Å². The third kappa shape index (κ3) is 4.60. The summed E-state index contributed by atoms with van der Waals surface area (Å²) < 4.78 is 13.4. The number of piperidine rings is 1. The molecule has 1 fully saturated rings. The topological polar surface area (TPSA) is 32.3 Å². The van der Waals surface area contributed by atoms with Crippen LogP contribution in [-0.4, -0.2) is 37.5 Å². The molecule has 0 spiro atoms. The van der Waals surface area contributed by atoms with Gasteiger partial charge in [0.05, 0.1) is 0 Å². The van der Waals surface area contributed by atoms with Gasteiger partial charge in [0, 0.05) is 13.0 Å². The zero-order valence-electron chi connectivity index (χ0n) is 12.1. The van der Waals surface area contributed by atoms with Gasteiger partial charge in [-0.15, -0.1) is 0 Å². The number of aryl methyl sites for hydroxylation is 1. The molecule has 20 heavy (non-hydrogen) atoms. The van der Waals surface area contributed by atoms with E-state index in [1.807, 2.05) is 0 Å². The van der Waals surface area contributed by atoms with Gasteiger partial charge in [-0.2, -0.15) is 0 Å². The van der Waals surface area contributed by atoms with Crippen molar-refractivity contribution in [3.8, 4) is 0 Å². The Bertz CT molecular complexity index is 442. The van der Waals surface area contributed by atoms with Crippen LogP contribution in [0.5, 0.6) is 0 Å². The molecule has 0 radical (unpaired) electrons. The first kappa shape index (κ1) is 15.0. The van der Waals surface area contributed by atoms with Crippen molar-refractivity contribution in [2.24, 2.45) is 5.92 Å². The summed E-state index contributed by atoms with van der Waals surface area (Å²) >= 11 is 0. The molecule has 110 valence electrons. The van der Waals surface area contributed by atoms with E-state index in [1.165, 1.54) is 6.07 Å². The molecule has 0 aliphatic carbocycles. The SMILES string of the molecule is CN1CCC(CNC(=O)CCc2ccccc2F)CC1. The Morgan fingerprint density at radius 2 is 2.05 bits per heavy atom. The van der Waals surface area contributed by atoms with Gasteiger partial charge in [0.1, 0.15) is 5.82 Å². The molecule has 0 bridgehead atoms. The molecule has 1 N–H and O–H groups in total. The van der Waals surface area contributed by atoms with E-state index in [2.05, 4.69) is 17.3 Å². The first-order valence-corrected chi connectivity index (χ1v) is 7.34. The second-order valence-electron chi connectivity index (χ2n) is 5.64. The number of halogens is 1. The molecular weight excluding hydrogens is 255 g/mol. The molecule has 1 heterocycles. The lowest BCUT2D eigenvalue weighted by atomic mass is 9.97. The predicted molar refractivity (Wildman–Crippen MR) is 78.0 cm³/mol. The highest BCUT2D eigenvalue weighted by molar-refractivity contribution is 5.76. The standard InChI is InChI=1S/C16H23FN2O/c1-19-10-8-13(9-11-19)12-18-16(20)7-6-14-4-2-3-5-15(14)17/h2-5,13H,6-12H2,1H3,(H,18,20). The van der Waals surface area contributed by atoms with Crippen LogP contribution >= 0.6 is 0 Å². The number of amides is 1. The Balaban J connectivity index is 1.67. The number of nitrogens with one attached hydrogen (secondary N) is 1. The summed E-state index contributed by atoms with van der Waals surface area (Å²) in [5, 5.41) is 2.98. The second-order valence-corrected chi connectivity index (χ2v) is 5.64. The third-order valence-corrected chi connectivity index (χ3v) is 4.01. The summed E-state index contributed by atoms with van der Waals surface area (Å²) in [5.41, 5.74) is 0.613. The van der Waals surface area contributed by atoms with E-state index in [0.717, 1.165) is 32.5 Å². The average Bonchev–Trinajstić information content (AvgIpc) is 2.46. The van der Waals surface area contributed by atoms with Gasteiger partial charge in [-0.05, 0) is 56.9 Å². The second kappa shape index (κ2) is 7.39. The van der Waals surface area contributed by atoms with Crippen LogP contribution in [0.1, 0.15) is 24.8 Å². The van der Waals surface area contributed by atoms with Gasteiger partial charge in [0.2, 0.25) is 5.91 Å². The van der Waals surface area contributed by atoms with Gasteiger partial charge in [0.15, 0.2) is 0 Å². The van der Waals surface area contributed by atoms with Crippen LogP contribution in [0.15, 0.2) is 24.3 Å². The highest BCUT2D eigenvalue weighted by Crippen LogP contribution is 2.15. The van der Waals surface area contributed by atoms with Gasteiger partial charge in [0.25, 0.3) is 0 Å². The molecule has 1 saturated heterocycles. The lowest BCUT2D eigenvalue weighted by Gasteiger charge is -2.28. The Hall–Kier alpha value is -1.42. The molecule has 2 rings (SSSR count). The third-order valence-electron chi connectivity index (χ3n) is 4.01. The summed E-state index contributed by atoms with van der Waals surface area (Å²) in [4.78, 5) is 14.1. The zero-order valence-corrected chi connectivity index (χ0v) is 12.1. The molecule has 1 aromatic rings. The van der Waals surface area contributed by atoms with Crippen molar-refractivity contribution < 1.29 is 9.18 Å². The van der Waals surface area contributed by atoms with Crippen molar-refractivity contribution in [2.75, 3.05) is 26.7 Å². The van der Waals surface area contributed by atoms with E-state index in [1.54, 1.807) is 18.2 Å². The van der Waals surface area contributed by atoms with Crippen molar-refractivity contribution in [2.45, 2.75) is 25.7 Å². The van der Waals surface area contributed by atoms with Gasteiger partial charge >= 0.3 is 0 Å². The van der Waals surface area contributed by atoms with Crippen molar-refractivity contribution in [3.63, 3.8) is 0 Å². The molecule has 0 saturated carbocycles. The molecule has 3 nitrogen and oxygen atoms in total. The van der Waals surface area contributed by atoms with E-state index in [4.69, 9.17) is 0 Å². The van der Waals surface area contributed by atoms with Gasteiger partial charge in [-0.3, -0.25) is 4.79 Å². The summed E-state index contributed by atoms with van der Waals surface area (Å²) in [6.07, 6.45) is 3.10. The Kier molecular flexibility index (Phi) is 5.53. The highest BCUT2D eigenvalue weighted by Gasteiger charge is 2.17. The normalized spacial score (nSPS) is 17.1. The highest BCUT2D eigenvalue weighted by atomic mass is 19.1. The fourth-order valence-corrected chi connectivity index (χ4v) is 2.56. The van der Waals surface area contributed by atoms with E-state index in [0.29, 0.717) is 24.3 Å². The maximum Gasteiger partial charge on any atom is 0.220 e. The van der Waals surface area contributed by atoms with E-state index < -0.39 is 0 Å². The minimum atomic E-state index is -0.226. The molecule has 0 unspecified atom stereocenters. The van der Waals surface area contributed by atoms with Crippen LogP contribution in [0, 0.1) is 11.7 Å².